The minimum absolute atomic E-state index is 0.394. The number of hydrogen-bond acceptors (Lipinski definition) is 2. The van der Waals surface area contributed by atoms with E-state index in [4.69, 9.17) is 0 Å². The number of nitrogens with one attached hydrogen (secondary N) is 1. The smallest absolute Gasteiger partial charge is 0.0334 e. The van der Waals surface area contributed by atoms with E-state index in [-0.39, 0.29) is 0 Å². The maximum atomic E-state index is 3.95. The van der Waals surface area contributed by atoms with Crippen LogP contribution in [-0.2, 0) is 0 Å². The van der Waals surface area contributed by atoms with Crippen molar-refractivity contribution >= 4 is 0 Å². The first-order valence-electron chi connectivity index (χ1n) is 8.44. The second kappa shape index (κ2) is 4.73. The van der Waals surface area contributed by atoms with Crippen molar-refractivity contribution < 1.29 is 0 Å². The van der Waals surface area contributed by atoms with Gasteiger partial charge in [0, 0.05) is 24.2 Å². The number of piperazine rings is 1. The normalized spacial score (nSPS) is 40.9. The SMILES string of the molecule is CC(C)CCN1CC(C)(C2CC2)NCC1(C)C1CC1. The van der Waals surface area contributed by atoms with Crippen LogP contribution >= 0.6 is 0 Å². The molecule has 0 aromatic heterocycles. The summed E-state index contributed by atoms with van der Waals surface area (Å²) >= 11 is 0. The highest BCUT2D eigenvalue weighted by molar-refractivity contribution is 5.11. The van der Waals surface area contributed by atoms with Crippen LogP contribution in [0.2, 0.25) is 0 Å². The van der Waals surface area contributed by atoms with E-state index in [0.29, 0.717) is 11.1 Å². The average molecular weight is 264 g/mol. The molecule has 0 spiro atoms. The maximum absolute atomic E-state index is 3.95. The highest BCUT2D eigenvalue weighted by atomic mass is 15.3. The van der Waals surface area contributed by atoms with Gasteiger partial charge in [-0.05, 0) is 70.3 Å². The van der Waals surface area contributed by atoms with Gasteiger partial charge in [0.25, 0.3) is 0 Å². The topological polar surface area (TPSA) is 15.3 Å². The minimum atomic E-state index is 0.394. The molecule has 0 aromatic rings. The van der Waals surface area contributed by atoms with Crippen molar-refractivity contribution in [1.82, 2.24) is 10.2 Å². The first-order chi connectivity index (χ1) is 8.94. The molecular weight excluding hydrogens is 232 g/mol. The molecule has 1 saturated heterocycles. The molecule has 3 aliphatic rings. The van der Waals surface area contributed by atoms with Gasteiger partial charge >= 0.3 is 0 Å². The molecule has 2 aliphatic carbocycles. The van der Waals surface area contributed by atoms with Crippen molar-refractivity contribution in [3.63, 3.8) is 0 Å². The molecule has 3 fully saturated rings. The van der Waals surface area contributed by atoms with Crippen molar-refractivity contribution in [3.8, 4) is 0 Å². The summed E-state index contributed by atoms with van der Waals surface area (Å²) in [5.41, 5.74) is 0.828. The molecule has 2 heteroatoms. The monoisotopic (exact) mass is 264 g/mol. The van der Waals surface area contributed by atoms with E-state index in [0.717, 1.165) is 17.8 Å². The Bertz CT molecular complexity index is 332. The molecule has 0 aromatic carbocycles. The van der Waals surface area contributed by atoms with Crippen LogP contribution in [0, 0.1) is 17.8 Å². The molecule has 2 unspecified atom stereocenters. The van der Waals surface area contributed by atoms with Gasteiger partial charge in [-0.15, -0.1) is 0 Å². The summed E-state index contributed by atoms with van der Waals surface area (Å²) in [6.07, 6.45) is 7.15. The number of nitrogens with zero attached hydrogens (tertiary/aromatic N) is 1. The van der Waals surface area contributed by atoms with Gasteiger partial charge in [0.1, 0.15) is 0 Å². The van der Waals surface area contributed by atoms with Gasteiger partial charge in [0.15, 0.2) is 0 Å². The van der Waals surface area contributed by atoms with Gasteiger partial charge < -0.3 is 5.32 Å². The predicted octanol–water partition coefficient (Wildman–Crippen LogP) is 3.28. The van der Waals surface area contributed by atoms with Gasteiger partial charge in [-0.25, -0.2) is 0 Å². The van der Waals surface area contributed by atoms with Crippen LogP contribution in [-0.4, -0.2) is 35.6 Å². The molecule has 2 atom stereocenters. The fraction of sp³-hybridized carbons (Fsp3) is 1.00. The van der Waals surface area contributed by atoms with Gasteiger partial charge in [-0.2, -0.15) is 0 Å². The third-order valence-corrected chi connectivity index (χ3v) is 6.00. The summed E-state index contributed by atoms with van der Waals surface area (Å²) in [6.45, 7) is 13.5. The predicted molar refractivity (Wildman–Crippen MR) is 81.3 cm³/mol. The van der Waals surface area contributed by atoms with Crippen LogP contribution in [0.15, 0.2) is 0 Å². The molecule has 2 saturated carbocycles. The number of rotatable bonds is 5. The van der Waals surface area contributed by atoms with Crippen LogP contribution in [0.5, 0.6) is 0 Å². The second-order valence-corrected chi connectivity index (χ2v) is 8.28. The zero-order valence-corrected chi connectivity index (χ0v) is 13.3. The lowest BCUT2D eigenvalue weighted by molar-refractivity contribution is -0.00344. The molecule has 0 amide bonds. The molecule has 1 heterocycles. The Hall–Kier alpha value is -0.0800. The highest BCUT2D eigenvalue weighted by Gasteiger charge is 2.53. The molecule has 0 bridgehead atoms. The van der Waals surface area contributed by atoms with Crippen LogP contribution in [0.25, 0.3) is 0 Å². The zero-order chi connectivity index (χ0) is 13.7. The van der Waals surface area contributed by atoms with Crippen molar-refractivity contribution in [2.24, 2.45) is 17.8 Å². The molecule has 19 heavy (non-hydrogen) atoms. The maximum Gasteiger partial charge on any atom is 0.0334 e. The van der Waals surface area contributed by atoms with E-state index in [2.05, 4.69) is 37.9 Å². The Morgan fingerprint density at radius 3 is 2.26 bits per heavy atom. The molecule has 110 valence electrons. The third kappa shape index (κ3) is 2.71. The lowest BCUT2D eigenvalue weighted by Crippen LogP contribution is -2.69. The van der Waals surface area contributed by atoms with E-state index < -0.39 is 0 Å². The summed E-state index contributed by atoms with van der Waals surface area (Å²) in [5.74, 6) is 2.72. The summed E-state index contributed by atoms with van der Waals surface area (Å²) in [7, 11) is 0. The third-order valence-electron chi connectivity index (χ3n) is 6.00. The first-order valence-corrected chi connectivity index (χ1v) is 8.44. The summed E-state index contributed by atoms with van der Waals surface area (Å²) in [5, 5.41) is 3.95. The fourth-order valence-electron chi connectivity index (χ4n) is 3.98. The highest BCUT2D eigenvalue weighted by Crippen LogP contribution is 2.48. The molecule has 1 N–H and O–H groups in total. The van der Waals surface area contributed by atoms with Gasteiger partial charge in [0.05, 0.1) is 0 Å². The Morgan fingerprint density at radius 1 is 1.11 bits per heavy atom. The van der Waals surface area contributed by atoms with Crippen LogP contribution in [0.1, 0.15) is 59.8 Å². The summed E-state index contributed by atoms with van der Waals surface area (Å²) in [6, 6.07) is 0. The Balaban J connectivity index is 1.71. The van der Waals surface area contributed by atoms with Crippen LogP contribution in [0.3, 0.4) is 0 Å². The molecule has 0 radical (unpaired) electrons. The van der Waals surface area contributed by atoms with Crippen LogP contribution < -0.4 is 5.32 Å². The van der Waals surface area contributed by atoms with Gasteiger partial charge in [-0.3, -0.25) is 4.90 Å². The van der Waals surface area contributed by atoms with Crippen molar-refractivity contribution in [2.45, 2.75) is 70.9 Å². The number of hydrogen-bond donors (Lipinski definition) is 1. The molecule has 1 aliphatic heterocycles. The largest absolute Gasteiger partial charge is 0.308 e. The minimum Gasteiger partial charge on any atom is -0.308 e. The van der Waals surface area contributed by atoms with Crippen molar-refractivity contribution in [2.75, 3.05) is 19.6 Å². The second-order valence-electron chi connectivity index (χ2n) is 8.28. The van der Waals surface area contributed by atoms with E-state index in [1.165, 1.54) is 51.7 Å². The van der Waals surface area contributed by atoms with Gasteiger partial charge in [0.2, 0.25) is 0 Å². The quantitative estimate of drug-likeness (QED) is 0.820. The van der Waals surface area contributed by atoms with E-state index in [1.807, 2.05) is 0 Å². The first kappa shape index (κ1) is 13.9. The van der Waals surface area contributed by atoms with Gasteiger partial charge in [-0.1, -0.05) is 13.8 Å². The zero-order valence-electron chi connectivity index (χ0n) is 13.3. The Labute approximate surface area is 119 Å². The Kier molecular flexibility index (Phi) is 3.46. The Morgan fingerprint density at radius 2 is 1.74 bits per heavy atom. The average Bonchev–Trinajstić information content (AvgIpc) is 3.17. The van der Waals surface area contributed by atoms with Crippen LogP contribution in [0.4, 0.5) is 0 Å². The lowest BCUT2D eigenvalue weighted by Gasteiger charge is -2.53. The molecule has 3 rings (SSSR count). The van der Waals surface area contributed by atoms with Crippen molar-refractivity contribution in [3.05, 3.63) is 0 Å². The van der Waals surface area contributed by atoms with Crippen molar-refractivity contribution in [1.29, 1.82) is 0 Å². The van der Waals surface area contributed by atoms with E-state index in [9.17, 15) is 0 Å². The summed E-state index contributed by atoms with van der Waals surface area (Å²) in [4.78, 5) is 2.86. The van der Waals surface area contributed by atoms with E-state index >= 15 is 0 Å². The molecule has 2 nitrogen and oxygen atoms in total. The summed E-state index contributed by atoms with van der Waals surface area (Å²) < 4.78 is 0. The lowest BCUT2D eigenvalue weighted by atomic mass is 9.82. The molecular formula is C17H32N2. The fourth-order valence-corrected chi connectivity index (χ4v) is 3.98. The standard InChI is InChI=1S/C17H32N2/c1-13(2)9-10-19-12-16(3,14-5-6-14)18-11-17(19,4)15-7-8-15/h13-15,18H,5-12H2,1-4H3. The van der Waals surface area contributed by atoms with E-state index in [1.54, 1.807) is 0 Å².